The molecule has 0 bridgehead atoms. The molecule has 2 aromatic heterocycles. The fraction of sp³-hybridized carbons (Fsp3) is 0.190. The summed E-state index contributed by atoms with van der Waals surface area (Å²) in [7, 11) is 3.21. The van der Waals surface area contributed by atoms with Crippen molar-refractivity contribution in [3.05, 3.63) is 145 Å². The Morgan fingerprint density at radius 1 is 0.696 bits per heavy atom. The van der Waals surface area contributed by atoms with Gasteiger partial charge in [0.15, 0.2) is 0 Å². The molecule has 2 aliphatic rings. The molecule has 12 nitrogen and oxygen atoms in total. The van der Waals surface area contributed by atoms with E-state index in [1.165, 1.54) is 0 Å². The van der Waals surface area contributed by atoms with E-state index >= 15 is 0 Å². The van der Waals surface area contributed by atoms with Gasteiger partial charge in [0, 0.05) is 24.8 Å². The fourth-order valence-corrected chi connectivity index (χ4v) is 5.50. The van der Waals surface area contributed by atoms with Crippen molar-refractivity contribution in [3.63, 3.8) is 0 Å². The van der Waals surface area contributed by atoms with Gasteiger partial charge in [0.2, 0.25) is 0 Å². The van der Waals surface area contributed by atoms with Crippen molar-refractivity contribution in [2.75, 3.05) is 40.4 Å². The Morgan fingerprint density at radius 2 is 1.18 bits per heavy atom. The summed E-state index contributed by atoms with van der Waals surface area (Å²) < 4.78 is 53.2. The number of amides is 2. The summed E-state index contributed by atoms with van der Waals surface area (Å²) in [6.07, 6.45) is 6.47. The summed E-state index contributed by atoms with van der Waals surface area (Å²) in [6, 6.07) is 28.9. The lowest BCUT2D eigenvalue weighted by molar-refractivity contribution is 0.0738. The van der Waals surface area contributed by atoms with Crippen molar-refractivity contribution in [2.24, 2.45) is 0 Å². The van der Waals surface area contributed by atoms with Crippen LogP contribution in [0.15, 0.2) is 122 Å². The third-order valence-corrected chi connectivity index (χ3v) is 8.41. The average molecular weight is 800 g/mol. The van der Waals surface area contributed by atoms with Gasteiger partial charge >= 0.3 is 0 Å². The number of fused-ring (bicyclic) bond motifs is 2. The molecule has 0 unspecified atom stereocenters. The van der Waals surface area contributed by atoms with Gasteiger partial charge in [-0.2, -0.15) is 0 Å². The lowest BCUT2D eigenvalue weighted by Crippen LogP contribution is -2.32. The van der Waals surface area contributed by atoms with Crippen LogP contribution in [0.25, 0.3) is 22.3 Å². The van der Waals surface area contributed by atoms with Crippen molar-refractivity contribution in [1.82, 2.24) is 30.2 Å². The summed E-state index contributed by atoms with van der Waals surface area (Å²) >= 11 is 5.40. The lowest BCUT2D eigenvalue weighted by Gasteiger charge is -2.19. The highest BCUT2D eigenvalue weighted by Gasteiger charge is 2.25. The quantitative estimate of drug-likeness (QED) is 0.164. The maximum atomic E-state index is 13.3. The topological polar surface area (TPSA) is 138 Å². The Kier molecular flexibility index (Phi) is 12.9. The number of halogens is 2. The van der Waals surface area contributed by atoms with Gasteiger partial charge < -0.3 is 29.2 Å². The van der Waals surface area contributed by atoms with Crippen LogP contribution in [-0.4, -0.2) is 77.1 Å². The number of carbonyl (C=O) groups is 2. The largest absolute Gasteiger partial charge is 0.497 e. The van der Waals surface area contributed by atoms with E-state index in [-0.39, 0.29) is 32.2 Å². The number of aromatic nitrogens is 4. The number of hydrogen-bond acceptors (Lipinski definition) is 10. The molecule has 0 radical (unpaired) electrons. The number of hydrogen-bond donors (Lipinski definition) is 1. The van der Waals surface area contributed by atoms with Gasteiger partial charge in [0.1, 0.15) is 47.9 Å². The van der Waals surface area contributed by atoms with Crippen LogP contribution in [0.4, 0.5) is 0 Å². The van der Waals surface area contributed by atoms with Crippen LogP contribution in [-0.2, 0) is 12.4 Å². The van der Waals surface area contributed by atoms with Gasteiger partial charge in [-0.1, -0.05) is 36.4 Å². The highest BCUT2D eigenvalue weighted by Crippen LogP contribution is 2.31. The zero-order chi connectivity index (χ0) is 42.0. The van der Waals surface area contributed by atoms with Crippen molar-refractivity contribution >= 4 is 35.8 Å². The van der Waals surface area contributed by atoms with E-state index < -0.39 is 24.8 Å². The summed E-state index contributed by atoms with van der Waals surface area (Å²) in [4.78, 5) is 42.5. The summed E-state index contributed by atoms with van der Waals surface area (Å²) in [6.45, 7) is -4.43. The predicted octanol–water partition coefficient (Wildman–Crippen LogP) is 7.31. The molecule has 2 amide bonds. The third-order valence-electron chi connectivity index (χ3n) is 8.17. The number of nitrogens with zero attached hydrogens (tertiary/aromatic N) is 5. The number of carbonyl (C=O) groups excluding carboxylic acids is 2. The molecule has 0 aliphatic carbocycles. The zero-order valence-corrected chi connectivity index (χ0v) is 31.9. The van der Waals surface area contributed by atoms with E-state index in [0.29, 0.717) is 40.2 Å². The van der Waals surface area contributed by atoms with Crippen molar-refractivity contribution in [1.29, 1.82) is 0 Å². The molecule has 0 fully saturated rings. The zero-order valence-electron chi connectivity index (χ0n) is 34.3. The van der Waals surface area contributed by atoms with Gasteiger partial charge in [0.05, 0.1) is 56.2 Å². The van der Waals surface area contributed by atoms with Crippen molar-refractivity contribution in [2.45, 2.75) is 12.4 Å². The molecule has 1 N–H and O–H groups in total. The minimum atomic E-state index is -2.00. The second-order valence-electron chi connectivity index (χ2n) is 11.6. The molecule has 2 aliphatic heterocycles. The van der Waals surface area contributed by atoms with Gasteiger partial charge in [-0.3, -0.25) is 9.59 Å². The minimum Gasteiger partial charge on any atom is -0.497 e. The number of rotatable bonds is 7. The minimum absolute atomic E-state index is 0. The van der Waals surface area contributed by atoms with Gasteiger partial charge in [0.25, 0.3) is 11.8 Å². The van der Waals surface area contributed by atoms with Gasteiger partial charge in [-0.25, -0.2) is 19.9 Å². The Labute approximate surface area is 341 Å². The van der Waals surface area contributed by atoms with Crippen LogP contribution in [0.2, 0.25) is 0 Å². The molecular weight excluding hydrogens is 755 g/mol. The van der Waals surface area contributed by atoms with Crippen molar-refractivity contribution < 1.29 is 34.0 Å². The molecular formula is C42H40Cl2N6O6. The van der Waals surface area contributed by atoms with Crippen molar-refractivity contribution in [3.8, 4) is 45.3 Å². The van der Waals surface area contributed by atoms with E-state index in [0.717, 1.165) is 38.7 Å². The first-order chi connectivity index (χ1) is 28.4. The predicted molar refractivity (Wildman–Crippen MR) is 216 cm³/mol. The Bertz CT molecular complexity index is 2370. The van der Waals surface area contributed by atoms with Gasteiger partial charge in [-0.15, -0.1) is 24.0 Å². The molecule has 14 heteroatoms. The first-order valence-corrected chi connectivity index (χ1v) is 17.5. The molecule has 0 saturated carbocycles. The number of ether oxygens (including phenoxy) is 4. The monoisotopic (exact) mass is 798 g/mol. The highest BCUT2D eigenvalue weighted by atomic mass is 35.5. The van der Waals surface area contributed by atoms with Crippen LogP contribution < -0.4 is 24.3 Å². The smallest absolute Gasteiger partial charge is 0.258 e. The molecule has 4 heterocycles. The van der Waals surface area contributed by atoms with Crippen LogP contribution in [0, 0.1) is 0 Å². The number of benzene rings is 4. The second kappa shape index (κ2) is 20.4. The molecule has 6 aromatic rings. The third kappa shape index (κ3) is 10.7. The van der Waals surface area contributed by atoms with Crippen LogP contribution >= 0.6 is 24.0 Å². The molecule has 0 spiro atoms. The maximum absolute atomic E-state index is 13.3. The number of alkyl halides is 1. The van der Waals surface area contributed by atoms with Gasteiger partial charge in [-0.05, 0) is 82.9 Å². The first-order valence-electron chi connectivity index (χ1n) is 18.9. The van der Waals surface area contributed by atoms with Crippen LogP contribution in [0.1, 0.15) is 37.8 Å². The standard InChI is InChI=1S/C21H19N3O3.C16H15NO3.C5H5ClN2.ClH/c1-26-17-6-3-15(4-7-17)16-5-8-19-18(13-16)21(25)24(11-12-27-19)14-20-22-9-2-10-23-20;1-19-13-5-2-11(3-6-13)12-4-7-15-14(10-12)16(18)17-8-9-20-15;6-4-5-7-2-1-3-8-5;/h2-10,13H,11-12,14H2,1H3;2-7,10H,8-9H2,1H3,(H,17,18);1-3H,4H2;1H/i11D2;8D2;;. The summed E-state index contributed by atoms with van der Waals surface area (Å²) in [5, 5.41) is 2.32. The number of methoxy groups -OCH3 is 2. The maximum Gasteiger partial charge on any atom is 0.258 e. The normalized spacial score (nSPS) is 15.6. The highest BCUT2D eigenvalue weighted by molar-refractivity contribution is 6.16. The second-order valence-corrected chi connectivity index (χ2v) is 11.9. The van der Waals surface area contributed by atoms with E-state index in [9.17, 15) is 9.59 Å². The molecule has 4 aromatic carbocycles. The molecule has 8 rings (SSSR count). The Balaban J connectivity index is 0.000000194. The van der Waals surface area contributed by atoms with E-state index in [2.05, 4.69) is 25.3 Å². The Hall–Kier alpha value is -6.24. The number of nitrogens with one attached hydrogen (secondary N) is 1. The average Bonchev–Trinajstić information content (AvgIpc) is 3.44. The van der Waals surface area contributed by atoms with E-state index in [1.54, 1.807) is 75.4 Å². The van der Waals surface area contributed by atoms with E-state index in [4.69, 9.17) is 36.0 Å². The molecule has 0 atom stereocenters. The van der Waals surface area contributed by atoms with E-state index in [1.807, 2.05) is 60.7 Å². The molecule has 288 valence electrons. The first kappa shape index (κ1) is 35.5. The molecule has 56 heavy (non-hydrogen) atoms. The van der Waals surface area contributed by atoms with Crippen LogP contribution in [0.5, 0.6) is 23.0 Å². The Morgan fingerprint density at radius 3 is 1.70 bits per heavy atom. The summed E-state index contributed by atoms with van der Waals surface area (Å²) in [5.41, 5.74) is 4.14. The SMILES string of the molecule is Cl.ClCc1ncccn1.[2H]C1([2H])COc2ccc(-c3ccc(OC)cc3)cc2C(=O)N1.[2H]C1([2H])COc2ccc(-c3ccc(OC)cc3)cc2C(=O)N1Cc1ncccn1. The molecule has 0 saturated heterocycles. The van der Waals surface area contributed by atoms with Crippen LogP contribution in [0.3, 0.4) is 0 Å². The summed E-state index contributed by atoms with van der Waals surface area (Å²) in [5.74, 6) is 2.72. The fourth-order valence-electron chi connectivity index (χ4n) is 5.36. The lowest BCUT2D eigenvalue weighted by atomic mass is 10.0.